The van der Waals surface area contributed by atoms with Gasteiger partial charge in [0.05, 0.1) is 35.2 Å². The van der Waals surface area contributed by atoms with E-state index in [9.17, 15) is 4.79 Å². The predicted molar refractivity (Wildman–Crippen MR) is 110 cm³/mol. The molecule has 3 rings (SSSR count). The standard InChI is InChI=1S/C21H21N5O2/c1-2-28-21(27)17-16(13-9-6-10-15(23)18(13)24)14(11-22)20(25)26-19(17)12-7-4-3-5-8-12/h3-11,16,23-24H,2,22H2,1H3,(H2,25,26)/b14-11-,23-15?,24-18?. The molecule has 7 heteroatoms. The highest BCUT2D eigenvalue weighted by atomic mass is 16.5. The van der Waals surface area contributed by atoms with Crippen LogP contribution >= 0.6 is 0 Å². The first-order valence-electron chi connectivity index (χ1n) is 8.78. The van der Waals surface area contributed by atoms with Gasteiger partial charge in [0, 0.05) is 17.3 Å². The smallest absolute Gasteiger partial charge is 0.337 e. The van der Waals surface area contributed by atoms with Crippen molar-refractivity contribution in [3.05, 3.63) is 77.0 Å². The van der Waals surface area contributed by atoms with Crippen LogP contribution in [-0.2, 0) is 9.53 Å². The van der Waals surface area contributed by atoms with E-state index in [-0.39, 0.29) is 29.4 Å². The van der Waals surface area contributed by atoms with Gasteiger partial charge >= 0.3 is 5.97 Å². The van der Waals surface area contributed by atoms with E-state index >= 15 is 0 Å². The number of carbonyl (C=O) groups excluding carboxylic acids is 1. The van der Waals surface area contributed by atoms with Crippen LogP contribution in [0.2, 0.25) is 0 Å². The van der Waals surface area contributed by atoms with Crippen molar-refractivity contribution in [1.29, 1.82) is 10.8 Å². The number of hydrogen-bond donors (Lipinski definition) is 4. The number of nitrogens with one attached hydrogen (secondary N) is 2. The first kappa shape index (κ1) is 19.0. The molecule has 1 unspecified atom stereocenters. The molecule has 1 aromatic carbocycles. The number of nitrogens with two attached hydrogens (primary N) is 2. The van der Waals surface area contributed by atoms with Gasteiger partial charge in [-0.2, -0.15) is 0 Å². The molecule has 0 saturated carbocycles. The Morgan fingerprint density at radius 1 is 1.29 bits per heavy atom. The average Bonchev–Trinajstić information content (AvgIpc) is 2.70. The van der Waals surface area contributed by atoms with Crippen LogP contribution in [0.3, 0.4) is 0 Å². The van der Waals surface area contributed by atoms with Gasteiger partial charge in [-0.05, 0) is 18.6 Å². The van der Waals surface area contributed by atoms with Crippen molar-refractivity contribution in [3.63, 3.8) is 0 Å². The molecule has 0 saturated heterocycles. The lowest BCUT2D eigenvalue weighted by Crippen LogP contribution is -2.35. The molecule has 1 aromatic rings. The van der Waals surface area contributed by atoms with Crippen molar-refractivity contribution in [3.8, 4) is 0 Å². The molecule has 1 aliphatic carbocycles. The summed E-state index contributed by atoms with van der Waals surface area (Å²) in [6.07, 6.45) is 6.16. The molecule has 28 heavy (non-hydrogen) atoms. The minimum Gasteiger partial charge on any atom is -0.463 e. The molecule has 0 fully saturated rings. The van der Waals surface area contributed by atoms with Crippen LogP contribution in [-0.4, -0.2) is 29.8 Å². The summed E-state index contributed by atoms with van der Waals surface area (Å²) in [7, 11) is 0. The maximum Gasteiger partial charge on any atom is 0.337 e. The van der Waals surface area contributed by atoms with Crippen LogP contribution < -0.4 is 11.5 Å². The van der Waals surface area contributed by atoms with Crippen LogP contribution in [0.5, 0.6) is 0 Å². The SMILES string of the molecule is CCOC(=O)C1=C(c2ccccc2)N=C(N)/C(=C\N)C1C1=CC=CC(=N)C1=N. The third-order valence-electron chi connectivity index (χ3n) is 4.51. The average molecular weight is 375 g/mol. The number of nitrogens with zero attached hydrogens (tertiary/aromatic N) is 1. The largest absolute Gasteiger partial charge is 0.463 e. The number of esters is 1. The number of ether oxygens (including phenoxy) is 1. The normalized spacial score (nSPS) is 20.9. The molecule has 0 aromatic heterocycles. The van der Waals surface area contributed by atoms with E-state index in [2.05, 4.69) is 4.99 Å². The van der Waals surface area contributed by atoms with E-state index in [0.717, 1.165) is 0 Å². The molecule has 1 heterocycles. The summed E-state index contributed by atoms with van der Waals surface area (Å²) in [5.41, 5.74) is 14.2. The Balaban J connectivity index is 2.31. The second kappa shape index (κ2) is 7.87. The van der Waals surface area contributed by atoms with E-state index in [1.165, 1.54) is 12.3 Å². The Kier molecular flexibility index (Phi) is 5.35. The van der Waals surface area contributed by atoms with Gasteiger partial charge in [0.15, 0.2) is 0 Å². The molecule has 7 nitrogen and oxygen atoms in total. The van der Waals surface area contributed by atoms with Gasteiger partial charge in [-0.25, -0.2) is 9.79 Å². The third kappa shape index (κ3) is 3.29. The van der Waals surface area contributed by atoms with Gasteiger partial charge in [-0.1, -0.05) is 42.5 Å². The summed E-state index contributed by atoms with van der Waals surface area (Å²) in [4.78, 5) is 17.4. The number of benzene rings is 1. The summed E-state index contributed by atoms with van der Waals surface area (Å²) >= 11 is 0. The Labute approximate surface area is 162 Å². The highest BCUT2D eigenvalue weighted by Gasteiger charge is 2.39. The topological polar surface area (TPSA) is 138 Å². The van der Waals surface area contributed by atoms with Crippen molar-refractivity contribution in [2.45, 2.75) is 6.92 Å². The van der Waals surface area contributed by atoms with Crippen LogP contribution in [0.4, 0.5) is 0 Å². The van der Waals surface area contributed by atoms with E-state index in [1.807, 2.05) is 30.3 Å². The van der Waals surface area contributed by atoms with Crippen LogP contribution in [0.15, 0.2) is 76.5 Å². The maximum atomic E-state index is 13.0. The molecule has 0 amide bonds. The first-order chi connectivity index (χ1) is 13.5. The van der Waals surface area contributed by atoms with Gasteiger partial charge in [0.2, 0.25) is 0 Å². The molecule has 0 bridgehead atoms. The summed E-state index contributed by atoms with van der Waals surface area (Å²) in [5, 5.41) is 16.3. The Morgan fingerprint density at radius 3 is 2.64 bits per heavy atom. The van der Waals surface area contributed by atoms with Crippen molar-refractivity contribution in [1.82, 2.24) is 0 Å². The van der Waals surface area contributed by atoms with Gasteiger partial charge < -0.3 is 16.2 Å². The fraction of sp³-hybridized carbons (Fsp3) is 0.143. The number of allylic oxidation sites excluding steroid dienone is 4. The van der Waals surface area contributed by atoms with Crippen LogP contribution in [0.1, 0.15) is 12.5 Å². The van der Waals surface area contributed by atoms with Gasteiger partial charge in [-0.3, -0.25) is 10.8 Å². The van der Waals surface area contributed by atoms with Crippen molar-refractivity contribution in [2.75, 3.05) is 6.61 Å². The minimum atomic E-state index is -0.755. The third-order valence-corrected chi connectivity index (χ3v) is 4.51. The Bertz CT molecular complexity index is 997. The van der Waals surface area contributed by atoms with Gasteiger partial charge in [-0.15, -0.1) is 0 Å². The number of carbonyl (C=O) groups is 1. The Morgan fingerprint density at radius 2 is 2.00 bits per heavy atom. The molecule has 2 aliphatic rings. The summed E-state index contributed by atoms with van der Waals surface area (Å²) < 4.78 is 5.30. The fourth-order valence-corrected chi connectivity index (χ4v) is 3.24. The lowest BCUT2D eigenvalue weighted by Gasteiger charge is -2.30. The van der Waals surface area contributed by atoms with Gasteiger partial charge in [0.1, 0.15) is 5.84 Å². The van der Waals surface area contributed by atoms with E-state index in [1.54, 1.807) is 19.1 Å². The van der Waals surface area contributed by atoms with Crippen LogP contribution in [0, 0.1) is 16.7 Å². The molecule has 6 N–H and O–H groups in total. The molecular weight excluding hydrogens is 354 g/mol. The number of hydrogen-bond acceptors (Lipinski definition) is 7. The van der Waals surface area contributed by atoms with E-state index < -0.39 is 11.9 Å². The highest BCUT2D eigenvalue weighted by Crippen LogP contribution is 2.40. The zero-order valence-electron chi connectivity index (χ0n) is 15.4. The summed E-state index contributed by atoms with van der Waals surface area (Å²) in [6.45, 7) is 1.90. The highest BCUT2D eigenvalue weighted by molar-refractivity contribution is 6.51. The number of rotatable bonds is 4. The van der Waals surface area contributed by atoms with Crippen molar-refractivity contribution < 1.29 is 9.53 Å². The summed E-state index contributed by atoms with van der Waals surface area (Å²) in [6, 6.07) is 9.17. The molecular formula is C21H21N5O2. The predicted octanol–water partition coefficient (Wildman–Crippen LogP) is 2.33. The lowest BCUT2D eigenvalue weighted by molar-refractivity contribution is -0.138. The second-order valence-electron chi connectivity index (χ2n) is 6.17. The zero-order valence-corrected chi connectivity index (χ0v) is 15.4. The second-order valence-corrected chi connectivity index (χ2v) is 6.17. The minimum absolute atomic E-state index is 0.00393. The van der Waals surface area contributed by atoms with E-state index in [4.69, 9.17) is 27.0 Å². The number of aliphatic imine (C=N–C) groups is 1. The monoisotopic (exact) mass is 375 g/mol. The molecule has 142 valence electrons. The van der Waals surface area contributed by atoms with E-state index in [0.29, 0.717) is 22.4 Å². The maximum absolute atomic E-state index is 13.0. The fourth-order valence-electron chi connectivity index (χ4n) is 3.24. The van der Waals surface area contributed by atoms with Crippen molar-refractivity contribution >= 4 is 28.9 Å². The molecule has 1 atom stereocenters. The zero-order chi connectivity index (χ0) is 20.3. The lowest BCUT2D eigenvalue weighted by atomic mass is 9.76. The summed E-state index contributed by atoms with van der Waals surface area (Å²) in [5.74, 6) is -1.15. The molecule has 1 aliphatic heterocycles. The molecule has 0 radical (unpaired) electrons. The Hall–Kier alpha value is -3.74. The molecule has 0 spiro atoms. The quantitative estimate of drug-likeness (QED) is 0.474. The van der Waals surface area contributed by atoms with Gasteiger partial charge in [0.25, 0.3) is 0 Å². The number of amidine groups is 1. The first-order valence-corrected chi connectivity index (χ1v) is 8.78. The van der Waals surface area contributed by atoms with Crippen molar-refractivity contribution in [2.24, 2.45) is 22.4 Å². The van der Waals surface area contributed by atoms with Crippen LogP contribution in [0.25, 0.3) is 5.70 Å².